The number of carbonyl (C=O) groups excluding carboxylic acids is 3. The summed E-state index contributed by atoms with van der Waals surface area (Å²) in [6, 6.07) is 1.33. The number of ether oxygens (including phenoxy) is 1. The molecule has 1 amide bonds. The molecule has 0 radical (unpaired) electrons. The predicted molar refractivity (Wildman–Crippen MR) is 97.0 cm³/mol. The standard InChI is InChI=1S/C19H24N2O4S/c22-12-19(9-13-3-1-2-4-13,20-18(24)14-6-8-26-11-14)21-7-5-16-17(21)15(23)10-25-16/h6,8,11-13,16-17H,1-5,7,9-10H2,(H,20,24). The maximum Gasteiger partial charge on any atom is 0.253 e. The molecule has 1 aromatic heterocycles. The second-order valence-corrected chi connectivity index (χ2v) is 8.39. The number of amides is 1. The van der Waals surface area contributed by atoms with Crippen LogP contribution in [0.3, 0.4) is 0 Å². The molecular weight excluding hydrogens is 352 g/mol. The van der Waals surface area contributed by atoms with Crippen LogP contribution in [0.25, 0.3) is 0 Å². The third-order valence-electron chi connectivity index (χ3n) is 6.01. The van der Waals surface area contributed by atoms with Gasteiger partial charge in [-0.3, -0.25) is 19.3 Å². The smallest absolute Gasteiger partial charge is 0.253 e. The van der Waals surface area contributed by atoms with Crippen LogP contribution >= 0.6 is 11.3 Å². The van der Waals surface area contributed by atoms with Crippen molar-refractivity contribution in [2.45, 2.75) is 56.3 Å². The van der Waals surface area contributed by atoms with E-state index >= 15 is 0 Å². The van der Waals surface area contributed by atoms with E-state index < -0.39 is 11.7 Å². The molecule has 1 saturated carbocycles. The molecule has 3 atom stereocenters. The van der Waals surface area contributed by atoms with Crippen LogP contribution in [0.4, 0.5) is 0 Å². The molecule has 0 aromatic carbocycles. The molecule has 1 N–H and O–H groups in total. The van der Waals surface area contributed by atoms with Gasteiger partial charge in [0.2, 0.25) is 0 Å². The van der Waals surface area contributed by atoms with E-state index in [1.54, 1.807) is 11.4 Å². The predicted octanol–water partition coefficient (Wildman–Crippen LogP) is 2.00. The molecule has 140 valence electrons. The summed E-state index contributed by atoms with van der Waals surface area (Å²) in [6.07, 6.45) is 6.41. The van der Waals surface area contributed by atoms with Crippen molar-refractivity contribution in [2.75, 3.05) is 13.2 Å². The number of fused-ring (bicyclic) bond motifs is 1. The minimum Gasteiger partial charge on any atom is -0.368 e. The molecule has 1 aliphatic carbocycles. The normalized spacial score (nSPS) is 28.8. The van der Waals surface area contributed by atoms with Gasteiger partial charge in [-0.15, -0.1) is 0 Å². The maximum absolute atomic E-state index is 12.8. The van der Waals surface area contributed by atoms with Crippen LogP contribution < -0.4 is 5.32 Å². The first kappa shape index (κ1) is 17.8. The van der Waals surface area contributed by atoms with E-state index in [4.69, 9.17) is 4.74 Å². The highest BCUT2D eigenvalue weighted by Crippen LogP contribution is 2.38. The number of rotatable bonds is 6. The molecule has 2 aliphatic heterocycles. The van der Waals surface area contributed by atoms with Crippen molar-refractivity contribution in [3.05, 3.63) is 22.4 Å². The number of aldehydes is 1. The Morgan fingerprint density at radius 2 is 2.19 bits per heavy atom. The number of hydrogen-bond acceptors (Lipinski definition) is 6. The van der Waals surface area contributed by atoms with Gasteiger partial charge in [0.15, 0.2) is 17.7 Å². The first-order valence-corrected chi connectivity index (χ1v) is 10.3. The summed E-state index contributed by atoms with van der Waals surface area (Å²) < 4.78 is 5.59. The molecule has 26 heavy (non-hydrogen) atoms. The number of nitrogens with zero attached hydrogens (tertiary/aromatic N) is 1. The largest absolute Gasteiger partial charge is 0.368 e. The Labute approximate surface area is 156 Å². The van der Waals surface area contributed by atoms with Crippen LogP contribution in [0.5, 0.6) is 0 Å². The van der Waals surface area contributed by atoms with Crippen LogP contribution in [0, 0.1) is 5.92 Å². The van der Waals surface area contributed by atoms with Gasteiger partial charge in [-0.1, -0.05) is 25.7 Å². The van der Waals surface area contributed by atoms with Crippen LogP contribution in [0.15, 0.2) is 16.8 Å². The van der Waals surface area contributed by atoms with E-state index in [9.17, 15) is 14.4 Å². The summed E-state index contributed by atoms with van der Waals surface area (Å²) >= 11 is 1.45. The summed E-state index contributed by atoms with van der Waals surface area (Å²) in [5.41, 5.74) is -0.589. The first-order chi connectivity index (χ1) is 12.6. The lowest BCUT2D eigenvalue weighted by Crippen LogP contribution is -2.65. The second kappa shape index (κ2) is 7.21. The molecule has 3 fully saturated rings. The summed E-state index contributed by atoms with van der Waals surface area (Å²) in [6.45, 7) is 0.680. The molecule has 2 saturated heterocycles. The zero-order valence-corrected chi connectivity index (χ0v) is 15.5. The van der Waals surface area contributed by atoms with E-state index in [1.165, 1.54) is 11.3 Å². The van der Waals surface area contributed by atoms with Gasteiger partial charge in [-0.25, -0.2) is 0 Å². The van der Waals surface area contributed by atoms with Crippen LogP contribution in [0.2, 0.25) is 0 Å². The topological polar surface area (TPSA) is 75.7 Å². The minimum atomic E-state index is -1.14. The average molecular weight is 376 g/mol. The highest BCUT2D eigenvalue weighted by molar-refractivity contribution is 7.08. The van der Waals surface area contributed by atoms with Gasteiger partial charge in [0.05, 0.1) is 17.7 Å². The first-order valence-electron chi connectivity index (χ1n) is 9.35. The van der Waals surface area contributed by atoms with Gasteiger partial charge < -0.3 is 10.1 Å². The number of likely N-dealkylation sites (tertiary alicyclic amines) is 1. The van der Waals surface area contributed by atoms with E-state index in [0.29, 0.717) is 30.9 Å². The Hall–Kier alpha value is -1.57. The third-order valence-corrected chi connectivity index (χ3v) is 6.69. The molecule has 3 aliphatic rings. The Morgan fingerprint density at radius 3 is 2.88 bits per heavy atom. The van der Waals surface area contributed by atoms with Crippen LogP contribution in [0.1, 0.15) is 48.9 Å². The number of hydrogen-bond donors (Lipinski definition) is 1. The van der Waals surface area contributed by atoms with Gasteiger partial charge >= 0.3 is 0 Å². The molecule has 4 rings (SSSR count). The van der Waals surface area contributed by atoms with E-state index in [-0.39, 0.29) is 24.4 Å². The van der Waals surface area contributed by atoms with Gasteiger partial charge in [0.25, 0.3) is 5.91 Å². The van der Waals surface area contributed by atoms with Crippen molar-refractivity contribution in [1.29, 1.82) is 0 Å². The number of ketones is 1. The summed E-state index contributed by atoms with van der Waals surface area (Å²) in [5.74, 6) is 0.139. The van der Waals surface area contributed by atoms with Crippen LogP contribution in [-0.2, 0) is 14.3 Å². The van der Waals surface area contributed by atoms with Crippen molar-refractivity contribution < 1.29 is 19.1 Å². The SMILES string of the molecule is O=CC(CC1CCCC1)(NC(=O)c1ccsc1)N1CCC2OCC(=O)C21. The van der Waals surface area contributed by atoms with Crippen molar-refractivity contribution >= 4 is 29.3 Å². The molecule has 0 bridgehead atoms. The van der Waals surface area contributed by atoms with Gasteiger partial charge in [-0.2, -0.15) is 11.3 Å². The number of nitrogens with one attached hydrogen (secondary N) is 1. The Bertz CT molecular complexity index is 686. The maximum atomic E-state index is 12.8. The van der Waals surface area contributed by atoms with Crippen molar-refractivity contribution in [3.63, 3.8) is 0 Å². The second-order valence-electron chi connectivity index (χ2n) is 7.61. The summed E-state index contributed by atoms with van der Waals surface area (Å²) in [5, 5.41) is 6.62. The number of Topliss-reactive ketones (excluding diaryl/α,β-unsaturated/α-hetero) is 1. The molecule has 0 spiro atoms. The van der Waals surface area contributed by atoms with Gasteiger partial charge in [0, 0.05) is 11.9 Å². The number of carbonyl (C=O) groups is 3. The fourth-order valence-electron chi connectivity index (χ4n) is 4.74. The summed E-state index contributed by atoms with van der Waals surface area (Å²) in [4.78, 5) is 39.5. The van der Waals surface area contributed by atoms with E-state index in [2.05, 4.69) is 5.32 Å². The van der Waals surface area contributed by atoms with E-state index in [1.807, 2.05) is 10.3 Å². The van der Waals surface area contributed by atoms with Crippen molar-refractivity contribution in [1.82, 2.24) is 10.2 Å². The Balaban J connectivity index is 1.64. The zero-order valence-electron chi connectivity index (χ0n) is 14.7. The average Bonchev–Trinajstić information content (AvgIpc) is 3.41. The third kappa shape index (κ3) is 3.12. The fourth-order valence-corrected chi connectivity index (χ4v) is 5.38. The van der Waals surface area contributed by atoms with Crippen molar-refractivity contribution in [2.24, 2.45) is 5.92 Å². The lowest BCUT2D eigenvalue weighted by atomic mass is 9.91. The van der Waals surface area contributed by atoms with Crippen molar-refractivity contribution in [3.8, 4) is 0 Å². The molecule has 1 aromatic rings. The molecule has 3 heterocycles. The van der Waals surface area contributed by atoms with Gasteiger partial charge in [-0.05, 0) is 30.2 Å². The minimum absolute atomic E-state index is 0.00919. The van der Waals surface area contributed by atoms with Crippen LogP contribution in [-0.4, -0.2) is 53.8 Å². The molecule has 6 nitrogen and oxygen atoms in total. The molecular formula is C19H24N2O4S. The lowest BCUT2D eigenvalue weighted by Gasteiger charge is -2.42. The molecule has 7 heteroatoms. The lowest BCUT2D eigenvalue weighted by molar-refractivity contribution is -0.129. The zero-order chi connectivity index (χ0) is 18.1. The molecule has 3 unspecified atom stereocenters. The fraction of sp³-hybridized carbons (Fsp3) is 0.632. The highest BCUT2D eigenvalue weighted by atomic mass is 32.1. The quantitative estimate of drug-likeness (QED) is 0.769. The number of thiophene rings is 1. The summed E-state index contributed by atoms with van der Waals surface area (Å²) in [7, 11) is 0. The van der Waals surface area contributed by atoms with E-state index in [0.717, 1.165) is 32.0 Å². The Morgan fingerprint density at radius 1 is 1.38 bits per heavy atom. The van der Waals surface area contributed by atoms with Gasteiger partial charge in [0.1, 0.15) is 6.61 Å². The Kier molecular flexibility index (Phi) is 4.94. The highest BCUT2D eigenvalue weighted by Gasteiger charge is 2.54. The monoisotopic (exact) mass is 376 g/mol.